The average Bonchev–Trinajstić information content (AvgIpc) is 2.21. The van der Waals surface area contributed by atoms with Gasteiger partial charge in [0.1, 0.15) is 0 Å². The van der Waals surface area contributed by atoms with E-state index in [0.29, 0.717) is 6.04 Å². The zero-order chi connectivity index (χ0) is 11.7. The van der Waals surface area contributed by atoms with Crippen molar-refractivity contribution in [3.8, 4) is 0 Å². The van der Waals surface area contributed by atoms with E-state index in [1.54, 1.807) is 0 Å². The van der Waals surface area contributed by atoms with Crippen molar-refractivity contribution in [1.82, 2.24) is 5.32 Å². The van der Waals surface area contributed by atoms with Gasteiger partial charge >= 0.3 is 0 Å². The fraction of sp³-hybridized carbons (Fsp3) is 1.00. The number of rotatable bonds is 9. The molecule has 0 aliphatic heterocycles. The van der Waals surface area contributed by atoms with Crippen molar-refractivity contribution in [3.63, 3.8) is 0 Å². The molecule has 0 rings (SSSR count). The van der Waals surface area contributed by atoms with Gasteiger partial charge in [0.05, 0.1) is 0 Å². The minimum Gasteiger partial charge on any atom is -0.312 e. The third-order valence-corrected chi connectivity index (χ3v) is 3.25. The molecule has 1 heteroatoms. The molecule has 0 aromatic rings. The molecule has 15 heavy (non-hydrogen) atoms. The second kappa shape index (κ2) is 9.21. The largest absolute Gasteiger partial charge is 0.312 e. The summed E-state index contributed by atoms with van der Waals surface area (Å²) in [5, 5.41) is 3.71. The first-order valence-corrected chi connectivity index (χ1v) is 6.89. The quantitative estimate of drug-likeness (QED) is 0.600. The summed E-state index contributed by atoms with van der Waals surface area (Å²) in [6, 6.07) is 1.37. The SMILES string of the molecule is CCCCC(CC(CC)CC)NC(C)C. The monoisotopic (exact) mass is 213 g/mol. The molecule has 1 N–H and O–H groups in total. The van der Waals surface area contributed by atoms with Crippen molar-refractivity contribution in [1.29, 1.82) is 0 Å². The van der Waals surface area contributed by atoms with E-state index in [-0.39, 0.29) is 0 Å². The maximum Gasteiger partial charge on any atom is 0.00720 e. The third-order valence-electron chi connectivity index (χ3n) is 3.25. The van der Waals surface area contributed by atoms with Crippen LogP contribution < -0.4 is 5.32 Å². The van der Waals surface area contributed by atoms with E-state index >= 15 is 0 Å². The van der Waals surface area contributed by atoms with Crippen molar-refractivity contribution in [2.24, 2.45) is 5.92 Å². The van der Waals surface area contributed by atoms with Crippen LogP contribution in [0.1, 0.15) is 73.1 Å². The lowest BCUT2D eigenvalue weighted by atomic mass is 9.92. The summed E-state index contributed by atoms with van der Waals surface area (Å²) in [5.41, 5.74) is 0. The molecule has 0 saturated heterocycles. The Morgan fingerprint density at radius 3 is 2.00 bits per heavy atom. The summed E-state index contributed by atoms with van der Waals surface area (Å²) < 4.78 is 0. The van der Waals surface area contributed by atoms with Gasteiger partial charge in [-0.15, -0.1) is 0 Å². The molecule has 0 aromatic heterocycles. The van der Waals surface area contributed by atoms with Crippen LogP contribution in [-0.4, -0.2) is 12.1 Å². The lowest BCUT2D eigenvalue weighted by molar-refractivity contribution is 0.330. The summed E-state index contributed by atoms with van der Waals surface area (Å²) >= 11 is 0. The summed E-state index contributed by atoms with van der Waals surface area (Å²) in [4.78, 5) is 0. The lowest BCUT2D eigenvalue weighted by Crippen LogP contribution is -2.36. The van der Waals surface area contributed by atoms with E-state index in [2.05, 4.69) is 39.9 Å². The van der Waals surface area contributed by atoms with Gasteiger partial charge in [0, 0.05) is 12.1 Å². The van der Waals surface area contributed by atoms with Crippen molar-refractivity contribution in [3.05, 3.63) is 0 Å². The van der Waals surface area contributed by atoms with Gasteiger partial charge in [0.2, 0.25) is 0 Å². The van der Waals surface area contributed by atoms with Crippen LogP contribution in [0.5, 0.6) is 0 Å². The maximum absolute atomic E-state index is 3.71. The number of unbranched alkanes of at least 4 members (excludes halogenated alkanes) is 1. The van der Waals surface area contributed by atoms with E-state index in [1.807, 2.05) is 0 Å². The molecular formula is C14H31N. The fourth-order valence-corrected chi connectivity index (χ4v) is 2.22. The van der Waals surface area contributed by atoms with E-state index in [0.717, 1.165) is 12.0 Å². The summed E-state index contributed by atoms with van der Waals surface area (Å²) in [7, 11) is 0. The molecule has 0 bridgehead atoms. The minimum absolute atomic E-state index is 0.626. The Hall–Kier alpha value is -0.0400. The van der Waals surface area contributed by atoms with Crippen molar-refractivity contribution >= 4 is 0 Å². The predicted octanol–water partition coefficient (Wildman–Crippen LogP) is 4.37. The highest BCUT2D eigenvalue weighted by atomic mass is 14.9. The molecule has 0 aliphatic carbocycles. The highest BCUT2D eigenvalue weighted by Crippen LogP contribution is 2.18. The average molecular weight is 213 g/mol. The van der Waals surface area contributed by atoms with Crippen LogP contribution in [0.25, 0.3) is 0 Å². The van der Waals surface area contributed by atoms with Gasteiger partial charge in [-0.3, -0.25) is 0 Å². The molecular weight excluding hydrogens is 182 g/mol. The Labute approximate surface area is 97.0 Å². The van der Waals surface area contributed by atoms with Crippen molar-refractivity contribution in [2.45, 2.75) is 85.2 Å². The van der Waals surface area contributed by atoms with E-state index in [9.17, 15) is 0 Å². The predicted molar refractivity (Wildman–Crippen MR) is 70.3 cm³/mol. The number of hydrogen-bond acceptors (Lipinski definition) is 1. The Morgan fingerprint density at radius 1 is 1.00 bits per heavy atom. The lowest BCUT2D eigenvalue weighted by Gasteiger charge is -2.25. The number of hydrogen-bond donors (Lipinski definition) is 1. The van der Waals surface area contributed by atoms with Crippen molar-refractivity contribution in [2.75, 3.05) is 0 Å². The Balaban J connectivity index is 3.97. The minimum atomic E-state index is 0.626. The Bertz CT molecular complexity index is 127. The van der Waals surface area contributed by atoms with Crippen LogP contribution in [0.15, 0.2) is 0 Å². The molecule has 0 saturated carbocycles. The first-order valence-electron chi connectivity index (χ1n) is 6.89. The number of nitrogens with one attached hydrogen (secondary N) is 1. The molecule has 0 fully saturated rings. The molecule has 92 valence electrons. The van der Waals surface area contributed by atoms with Gasteiger partial charge in [-0.25, -0.2) is 0 Å². The Morgan fingerprint density at radius 2 is 1.60 bits per heavy atom. The fourth-order valence-electron chi connectivity index (χ4n) is 2.22. The van der Waals surface area contributed by atoms with Crippen LogP contribution in [-0.2, 0) is 0 Å². The standard InChI is InChI=1S/C14H31N/c1-6-9-10-14(15-12(4)5)11-13(7-2)8-3/h12-15H,6-11H2,1-5H3. The van der Waals surface area contributed by atoms with E-state index < -0.39 is 0 Å². The summed E-state index contributed by atoms with van der Waals surface area (Å²) in [6.07, 6.45) is 8.07. The molecule has 1 nitrogen and oxygen atoms in total. The van der Waals surface area contributed by atoms with Gasteiger partial charge < -0.3 is 5.32 Å². The smallest absolute Gasteiger partial charge is 0.00720 e. The molecule has 0 spiro atoms. The zero-order valence-corrected chi connectivity index (χ0v) is 11.5. The van der Waals surface area contributed by atoms with Gasteiger partial charge in [-0.05, 0) is 18.8 Å². The van der Waals surface area contributed by atoms with Crippen LogP contribution in [0.2, 0.25) is 0 Å². The maximum atomic E-state index is 3.71. The first kappa shape index (κ1) is 15.0. The van der Waals surface area contributed by atoms with Gasteiger partial charge in [0.15, 0.2) is 0 Å². The zero-order valence-electron chi connectivity index (χ0n) is 11.5. The first-order chi connectivity index (χ1) is 7.13. The second-order valence-corrected chi connectivity index (χ2v) is 5.08. The molecule has 0 aliphatic rings. The van der Waals surface area contributed by atoms with Gasteiger partial charge in [-0.1, -0.05) is 60.3 Å². The van der Waals surface area contributed by atoms with E-state index in [4.69, 9.17) is 0 Å². The van der Waals surface area contributed by atoms with E-state index in [1.165, 1.54) is 38.5 Å². The molecule has 0 radical (unpaired) electrons. The second-order valence-electron chi connectivity index (χ2n) is 5.08. The summed E-state index contributed by atoms with van der Waals surface area (Å²) in [6.45, 7) is 11.4. The summed E-state index contributed by atoms with van der Waals surface area (Å²) in [5.74, 6) is 0.915. The molecule has 0 amide bonds. The third kappa shape index (κ3) is 7.84. The molecule has 0 aromatic carbocycles. The Kier molecular flexibility index (Phi) is 9.18. The molecule has 1 unspecified atom stereocenters. The highest BCUT2D eigenvalue weighted by Gasteiger charge is 2.14. The van der Waals surface area contributed by atoms with Crippen LogP contribution in [0, 0.1) is 5.92 Å². The van der Waals surface area contributed by atoms with Crippen LogP contribution in [0.4, 0.5) is 0 Å². The highest BCUT2D eigenvalue weighted by molar-refractivity contribution is 4.72. The molecule has 1 atom stereocenters. The van der Waals surface area contributed by atoms with Crippen LogP contribution in [0.3, 0.4) is 0 Å². The molecule has 0 heterocycles. The van der Waals surface area contributed by atoms with Gasteiger partial charge in [-0.2, -0.15) is 0 Å². The van der Waals surface area contributed by atoms with Crippen LogP contribution >= 0.6 is 0 Å². The topological polar surface area (TPSA) is 12.0 Å². The van der Waals surface area contributed by atoms with Crippen molar-refractivity contribution < 1.29 is 0 Å². The normalized spacial score (nSPS) is 13.8. The van der Waals surface area contributed by atoms with Gasteiger partial charge in [0.25, 0.3) is 0 Å².